The summed E-state index contributed by atoms with van der Waals surface area (Å²) < 4.78 is 10.6. The first-order valence-corrected chi connectivity index (χ1v) is 8.80. The molecule has 1 saturated heterocycles. The first-order valence-electron chi connectivity index (χ1n) is 8.80. The molecule has 0 aliphatic carbocycles. The van der Waals surface area contributed by atoms with Crippen LogP contribution in [0, 0.1) is 0 Å². The minimum Gasteiger partial charge on any atom is -0.508 e. The van der Waals surface area contributed by atoms with Gasteiger partial charge in [-0.2, -0.15) is 0 Å². The van der Waals surface area contributed by atoms with Crippen molar-refractivity contribution < 1.29 is 45.2 Å². The van der Waals surface area contributed by atoms with E-state index in [0.29, 0.717) is 11.1 Å². The third-order valence-corrected chi connectivity index (χ3v) is 4.47. The standard InChI is InChI=1S/C20H22O9/c21-9-16-17(25)18(26)19(27)20(29-16)28-15-4-3-10(7-14(15)24)1-2-11-5-12(22)8-13(23)6-11/h1-8,16-27H,9H2/b2-1-. The largest absolute Gasteiger partial charge is 0.508 e. The molecule has 0 saturated carbocycles. The van der Waals surface area contributed by atoms with E-state index in [1.165, 1.54) is 30.3 Å². The summed E-state index contributed by atoms with van der Waals surface area (Å²) in [5.41, 5.74) is 1.12. The zero-order valence-corrected chi connectivity index (χ0v) is 15.2. The van der Waals surface area contributed by atoms with Crippen molar-refractivity contribution >= 4 is 12.2 Å². The van der Waals surface area contributed by atoms with Gasteiger partial charge in [0, 0.05) is 6.07 Å². The molecule has 156 valence electrons. The number of phenols is 3. The molecule has 5 atom stereocenters. The van der Waals surface area contributed by atoms with Gasteiger partial charge in [0.1, 0.15) is 35.9 Å². The summed E-state index contributed by atoms with van der Waals surface area (Å²) in [4.78, 5) is 0. The van der Waals surface area contributed by atoms with Crippen LogP contribution in [0.25, 0.3) is 12.2 Å². The van der Waals surface area contributed by atoms with E-state index in [-0.39, 0.29) is 23.0 Å². The van der Waals surface area contributed by atoms with Crippen molar-refractivity contribution in [3.05, 3.63) is 47.5 Å². The molecule has 7 N–H and O–H groups in total. The summed E-state index contributed by atoms with van der Waals surface area (Å²) >= 11 is 0. The molecule has 1 aliphatic rings. The number of rotatable bonds is 5. The Bertz CT molecular complexity index is 860. The van der Waals surface area contributed by atoms with E-state index in [1.807, 2.05) is 0 Å². The lowest BCUT2D eigenvalue weighted by Crippen LogP contribution is -2.60. The lowest BCUT2D eigenvalue weighted by Gasteiger charge is -2.39. The van der Waals surface area contributed by atoms with Crippen LogP contribution in [0.5, 0.6) is 23.0 Å². The maximum absolute atomic E-state index is 10.2. The first-order chi connectivity index (χ1) is 13.8. The molecule has 5 unspecified atom stereocenters. The average Bonchev–Trinajstić information content (AvgIpc) is 2.67. The maximum atomic E-state index is 10.2. The van der Waals surface area contributed by atoms with E-state index in [1.54, 1.807) is 18.2 Å². The maximum Gasteiger partial charge on any atom is 0.229 e. The van der Waals surface area contributed by atoms with E-state index in [0.717, 1.165) is 0 Å². The minimum atomic E-state index is -1.59. The third-order valence-electron chi connectivity index (χ3n) is 4.47. The van der Waals surface area contributed by atoms with Gasteiger partial charge in [-0.05, 0) is 35.4 Å². The summed E-state index contributed by atoms with van der Waals surface area (Å²) in [5.74, 6) is -0.490. The molecule has 9 heteroatoms. The van der Waals surface area contributed by atoms with Crippen LogP contribution in [0.2, 0.25) is 0 Å². The van der Waals surface area contributed by atoms with Crippen LogP contribution in [-0.4, -0.2) is 73.1 Å². The summed E-state index contributed by atoms with van der Waals surface area (Å²) in [5, 5.41) is 68.0. The second kappa shape index (κ2) is 8.68. The lowest BCUT2D eigenvalue weighted by molar-refractivity contribution is -0.277. The van der Waals surface area contributed by atoms with E-state index in [9.17, 15) is 35.7 Å². The Morgan fingerprint density at radius 1 is 0.828 bits per heavy atom. The Hall–Kier alpha value is -2.82. The van der Waals surface area contributed by atoms with Gasteiger partial charge < -0.3 is 45.2 Å². The fraction of sp³-hybridized carbons (Fsp3) is 0.300. The van der Waals surface area contributed by atoms with Crippen molar-refractivity contribution in [2.75, 3.05) is 6.61 Å². The molecule has 1 fully saturated rings. The van der Waals surface area contributed by atoms with Crippen LogP contribution in [0.4, 0.5) is 0 Å². The number of aliphatic hydroxyl groups is 4. The number of aliphatic hydroxyl groups excluding tert-OH is 4. The summed E-state index contributed by atoms with van der Waals surface area (Å²) in [6.07, 6.45) is -3.97. The molecular weight excluding hydrogens is 384 g/mol. The van der Waals surface area contributed by atoms with Gasteiger partial charge in [-0.15, -0.1) is 0 Å². The number of ether oxygens (including phenoxy) is 2. The molecular formula is C20H22O9. The van der Waals surface area contributed by atoms with Gasteiger partial charge in [-0.3, -0.25) is 0 Å². The van der Waals surface area contributed by atoms with Crippen LogP contribution < -0.4 is 4.74 Å². The molecule has 2 aromatic rings. The smallest absolute Gasteiger partial charge is 0.229 e. The van der Waals surface area contributed by atoms with Crippen molar-refractivity contribution in [3.63, 3.8) is 0 Å². The molecule has 1 heterocycles. The summed E-state index contributed by atoms with van der Waals surface area (Å²) in [7, 11) is 0. The van der Waals surface area contributed by atoms with Crippen LogP contribution in [0.3, 0.4) is 0 Å². The van der Waals surface area contributed by atoms with Gasteiger partial charge in [0.25, 0.3) is 0 Å². The highest BCUT2D eigenvalue weighted by Crippen LogP contribution is 2.32. The normalized spacial score (nSPS) is 27.2. The Balaban J connectivity index is 1.73. The van der Waals surface area contributed by atoms with Crippen molar-refractivity contribution in [2.45, 2.75) is 30.7 Å². The highest BCUT2D eigenvalue weighted by atomic mass is 16.7. The molecule has 29 heavy (non-hydrogen) atoms. The number of hydrogen-bond donors (Lipinski definition) is 7. The van der Waals surface area contributed by atoms with Crippen LogP contribution in [0.15, 0.2) is 36.4 Å². The van der Waals surface area contributed by atoms with Gasteiger partial charge in [0.2, 0.25) is 6.29 Å². The topological polar surface area (TPSA) is 160 Å². The highest BCUT2D eigenvalue weighted by Gasteiger charge is 2.44. The van der Waals surface area contributed by atoms with Gasteiger partial charge in [-0.1, -0.05) is 18.2 Å². The van der Waals surface area contributed by atoms with E-state index in [4.69, 9.17) is 9.47 Å². The Labute approximate surface area is 165 Å². The summed E-state index contributed by atoms with van der Waals surface area (Å²) in [6.45, 7) is -0.592. The quantitative estimate of drug-likeness (QED) is 0.343. The highest BCUT2D eigenvalue weighted by molar-refractivity contribution is 5.72. The first kappa shape index (κ1) is 20.9. The number of aromatic hydroxyl groups is 3. The Morgan fingerprint density at radius 2 is 1.48 bits per heavy atom. The van der Waals surface area contributed by atoms with Gasteiger partial charge in [-0.25, -0.2) is 0 Å². The van der Waals surface area contributed by atoms with Crippen LogP contribution >= 0.6 is 0 Å². The fourth-order valence-corrected chi connectivity index (χ4v) is 2.93. The number of hydrogen-bond acceptors (Lipinski definition) is 9. The zero-order valence-electron chi connectivity index (χ0n) is 15.2. The predicted octanol–water partition coefficient (Wildman–Crippen LogP) is 0.152. The van der Waals surface area contributed by atoms with Crippen molar-refractivity contribution in [2.24, 2.45) is 0 Å². The molecule has 1 aliphatic heterocycles. The lowest BCUT2D eigenvalue weighted by atomic mass is 9.99. The summed E-state index contributed by atoms with van der Waals surface area (Å²) in [6, 6.07) is 8.49. The molecule has 3 rings (SSSR count). The van der Waals surface area contributed by atoms with Gasteiger partial charge in [0.05, 0.1) is 6.61 Å². The van der Waals surface area contributed by atoms with Crippen molar-refractivity contribution in [1.82, 2.24) is 0 Å². The Kier molecular flexibility index (Phi) is 6.26. The van der Waals surface area contributed by atoms with E-state index in [2.05, 4.69) is 0 Å². The van der Waals surface area contributed by atoms with Crippen molar-refractivity contribution in [1.29, 1.82) is 0 Å². The van der Waals surface area contributed by atoms with Crippen LogP contribution in [-0.2, 0) is 4.74 Å². The molecule has 0 amide bonds. The molecule has 0 aromatic heterocycles. The van der Waals surface area contributed by atoms with E-state index >= 15 is 0 Å². The fourth-order valence-electron chi connectivity index (χ4n) is 2.93. The SMILES string of the molecule is OCC1OC(Oc2ccc(/C=C\c3cc(O)cc(O)c3)cc2O)C(O)C(O)C1O. The molecule has 0 radical (unpaired) electrons. The van der Waals surface area contributed by atoms with E-state index < -0.39 is 37.3 Å². The predicted molar refractivity (Wildman–Crippen MR) is 101 cm³/mol. The van der Waals surface area contributed by atoms with Gasteiger partial charge in [0.15, 0.2) is 11.5 Å². The zero-order chi connectivity index (χ0) is 21.1. The monoisotopic (exact) mass is 406 g/mol. The average molecular weight is 406 g/mol. The molecule has 9 nitrogen and oxygen atoms in total. The van der Waals surface area contributed by atoms with Crippen LogP contribution in [0.1, 0.15) is 11.1 Å². The number of phenolic OH excluding ortho intramolecular Hbond substituents is 3. The Morgan fingerprint density at radius 3 is 2.10 bits per heavy atom. The second-order valence-electron chi connectivity index (χ2n) is 6.66. The third kappa shape index (κ3) is 4.78. The van der Waals surface area contributed by atoms with Crippen molar-refractivity contribution in [3.8, 4) is 23.0 Å². The minimum absolute atomic E-state index is 0.0403. The second-order valence-corrected chi connectivity index (χ2v) is 6.66. The number of benzene rings is 2. The molecule has 0 spiro atoms. The molecule has 2 aromatic carbocycles. The molecule has 0 bridgehead atoms. The van der Waals surface area contributed by atoms with Gasteiger partial charge >= 0.3 is 0 Å².